The molecular weight excluding hydrogens is 188 g/mol. The Hall–Kier alpha value is -0.790. The first kappa shape index (κ1) is 14.2. The van der Waals surface area contributed by atoms with Crippen LogP contribution in [0.2, 0.25) is 0 Å². The van der Waals surface area contributed by atoms with E-state index in [4.69, 9.17) is 4.74 Å². The van der Waals surface area contributed by atoms with Crippen molar-refractivity contribution in [2.24, 2.45) is 0 Å². The average Bonchev–Trinajstić information content (AvgIpc) is 2.22. The van der Waals surface area contributed by atoms with Gasteiger partial charge in [-0.05, 0) is 25.7 Å². The maximum absolute atomic E-state index is 11.0. The lowest BCUT2D eigenvalue weighted by Crippen LogP contribution is -2.04. The topological polar surface area (TPSA) is 26.3 Å². The first-order chi connectivity index (χ1) is 7.31. The maximum atomic E-state index is 11.0. The van der Waals surface area contributed by atoms with Crippen molar-refractivity contribution in [1.29, 1.82) is 0 Å². The Bertz CT molecular complexity index is 173. The molecule has 0 aliphatic heterocycles. The normalized spacial score (nSPS) is 10.8. The van der Waals surface area contributed by atoms with Crippen LogP contribution in [0.25, 0.3) is 0 Å². The Morgan fingerprint density at radius 3 is 2.47 bits per heavy atom. The molecule has 0 unspecified atom stereocenters. The van der Waals surface area contributed by atoms with Crippen molar-refractivity contribution in [3.63, 3.8) is 0 Å². The van der Waals surface area contributed by atoms with Crippen LogP contribution in [-0.2, 0) is 9.53 Å². The Morgan fingerprint density at radius 1 is 1.07 bits per heavy atom. The molecule has 0 aromatic rings. The van der Waals surface area contributed by atoms with E-state index in [1.807, 2.05) is 6.92 Å². The minimum absolute atomic E-state index is 0.0723. The zero-order chi connectivity index (χ0) is 11.4. The van der Waals surface area contributed by atoms with E-state index in [-0.39, 0.29) is 5.97 Å². The van der Waals surface area contributed by atoms with Crippen molar-refractivity contribution >= 4 is 5.97 Å². The lowest BCUT2D eigenvalue weighted by Gasteiger charge is -2.00. The predicted octanol–water partition coefficient (Wildman–Crippen LogP) is 3.86. The van der Waals surface area contributed by atoms with Gasteiger partial charge in [-0.25, -0.2) is 0 Å². The molecule has 0 radical (unpaired) electrons. The number of allylic oxidation sites excluding steroid dienone is 1. The van der Waals surface area contributed by atoms with Crippen LogP contribution in [0.3, 0.4) is 0 Å². The summed E-state index contributed by atoms with van der Waals surface area (Å²) in [7, 11) is 0. The van der Waals surface area contributed by atoms with Crippen molar-refractivity contribution in [2.45, 2.75) is 58.8 Å². The molecule has 0 saturated heterocycles. The number of esters is 1. The number of unbranched alkanes of at least 4 members (excludes halogenated alkanes) is 3. The zero-order valence-corrected chi connectivity index (χ0v) is 10.1. The molecule has 2 nitrogen and oxygen atoms in total. The molecule has 0 atom stereocenters. The smallest absolute Gasteiger partial charge is 0.305 e. The molecule has 0 bridgehead atoms. The first-order valence-electron chi connectivity index (χ1n) is 6.11. The molecule has 88 valence electrons. The van der Waals surface area contributed by atoms with Crippen LogP contribution in [0, 0.1) is 0 Å². The summed E-state index contributed by atoms with van der Waals surface area (Å²) >= 11 is 0. The fourth-order valence-electron chi connectivity index (χ4n) is 1.26. The van der Waals surface area contributed by atoms with Crippen molar-refractivity contribution in [2.75, 3.05) is 6.61 Å². The molecule has 0 N–H and O–H groups in total. The van der Waals surface area contributed by atoms with Gasteiger partial charge in [0.2, 0.25) is 0 Å². The Kier molecular flexibility index (Phi) is 10.7. The van der Waals surface area contributed by atoms with E-state index < -0.39 is 0 Å². The van der Waals surface area contributed by atoms with Gasteiger partial charge in [0.25, 0.3) is 0 Å². The van der Waals surface area contributed by atoms with Gasteiger partial charge in [-0.15, -0.1) is 0 Å². The molecule has 0 spiro atoms. The number of hydrogen-bond acceptors (Lipinski definition) is 2. The molecule has 15 heavy (non-hydrogen) atoms. The van der Waals surface area contributed by atoms with E-state index in [1.54, 1.807) is 0 Å². The summed E-state index contributed by atoms with van der Waals surface area (Å²) in [6.45, 7) is 4.72. The Morgan fingerprint density at radius 2 is 1.80 bits per heavy atom. The van der Waals surface area contributed by atoms with Gasteiger partial charge < -0.3 is 4.74 Å². The van der Waals surface area contributed by atoms with Gasteiger partial charge in [-0.1, -0.05) is 38.8 Å². The highest BCUT2D eigenvalue weighted by molar-refractivity contribution is 5.69. The van der Waals surface area contributed by atoms with Gasteiger partial charge in [0.05, 0.1) is 6.61 Å². The number of carbonyl (C=O) groups excluding carboxylic acids is 1. The second kappa shape index (κ2) is 11.3. The van der Waals surface area contributed by atoms with Crippen molar-refractivity contribution in [3.05, 3.63) is 12.2 Å². The molecular formula is C13H24O2. The van der Waals surface area contributed by atoms with Gasteiger partial charge in [-0.3, -0.25) is 4.79 Å². The third-order valence-corrected chi connectivity index (χ3v) is 2.14. The molecule has 0 rings (SSSR count). The van der Waals surface area contributed by atoms with Crippen molar-refractivity contribution in [1.82, 2.24) is 0 Å². The predicted molar refractivity (Wildman–Crippen MR) is 63.8 cm³/mol. The van der Waals surface area contributed by atoms with E-state index in [0.717, 1.165) is 19.3 Å². The number of hydrogen-bond donors (Lipinski definition) is 0. The van der Waals surface area contributed by atoms with Crippen LogP contribution < -0.4 is 0 Å². The van der Waals surface area contributed by atoms with Crippen molar-refractivity contribution < 1.29 is 9.53 Å². The third kappa shape index (κ3) is 11.1. The summed E-state index contributed by atoms with van der Waals surface area (Å²) in [6, 6.07) is 0. The summed E-state index contributed by atoms with van der Waals surface area (Å²) in [4.78, 5) is 11.0. The molecule has 0 amide bonds. The summed E-state index contributed by atoms with van der Waals surface area (Å²) in [5.74, 6) is -0.0723. The minimum atomic E-state index is -0.0723. The molecule has 0 saturated carbocycles. The lowest BCUT2D eigenvalue weighted by atomic mass is 10.2. The van der Waals surface area contributed by atoms with Gasteiger partial charge in [-0.2, -0.15) is 0 Å². The molecule has 2 heteroatoms. The van der Waals surface area contributed by atoms with E-state index in [0.29, 0.717) is 13.0 Å². The number of rotatable bonds is 9. The summed E-state index contributed by atoms with van der Waals surface area (Å²) in [5.41, 5.74) is 0. The fraction of sp³-hybridized carbons (Fsp3) is 0.769. The van der Waals surface area contributed by atoms with E-state index in [2.05, 4.69) is 19.1 Å². The van der Waals surface area contributed by atoms with Gasteiger partial charge >= 0.3 is 5.97 Å². The van der Waals surface area contributed by atoms with Crippen LogP contribution in [0.15, 0.2) is 12.2 Å². The molecule has 0 aromatic heterocycles. The van der Waals surface area contributed by atoms with Crippen LogP contribution in [0.5, 0.6) is 0 Å². The standard InChI is InChI=1S/C13H24O2/c1-3-5-6-7-8-9-10-12-15-13(14)11-4-2/h8-9H,3-7,10-12H2,1-2H3/b9-8-. The Labute approximate surface area is 93.7 Å². The third-order valence-electron chi connectivity index (χ3n) is 2.14. The largest absolute Gasteiger partial charge is 0.465 e. The minimum Gasteiger partial charge on any atom is -0.465 e. The van der Waals surface area contributed by atoms with E-state index >= 15 is 0 Å². The highest BCUT2D eigenvalue weighted by atomic mass is 16.5. The van der Waals surface area contributed by atoms with E-state index in [9.17, 15) is 4.79 Å². The molecule has 0 aliphatic rings. The zero-order valence-electron chi connectivity index (χ0n) is 10.1. The fourth-order valence-corrected chi connectivity index (χ4v) is 1.26. The van der Waals surface area contributed by atoms with Gasteiger partial charge in [0.15, 0.2) is 0 Å². The number of carbonyl (C=O) groups is 1. The van der Waals surface area contributed by atoms with Crippen LogP contribution in [-0.4, -0.2) is 12.6 Å². The van der Waals surface area contributed by atoms with Crippen LogP contribution >= 0.6 is 0 Å². The second-order valence-electron chi connectivity index (χ2n) is 3.73. The molecule has 0 aromatic carbocycles. The molecule has 0 fully saturated rings. The highest BCUT2D eigenvalue weighted by Gasteiger charge is 1.97. The highest BCUT2D eigenvalue weighted by Crippen LogP contribution is 2.00. The Balaban J connectivity index is 3.19. The lowest BCUT2D eigenvalue weighted by molar-refractivity contribution is -0.143. The maximum Gasteiger partial charge on any atom is 0.305 e. The quantitative estimate of drug-likeness (QED) is 0.329. The number of ether oxygens (including phenoxy) is 1. The molecule has 0 heterocycles. The van der Waals surface area contributed by atoms with Gasteiger partial charge in [0, 0.05) is 6.42 Å². The second-order valence-corrected chi connectivity index (χ2v) is 3.73. The monoisotopic (exact) mass is 212 g/mol. The van der Waals surface area contributed by atoms with Crippen LogP contribution in [0.4, 0.5) is 0 Å². The summed E-state index contributed by atoms with van der Waals surface area (Å²) < 4.78 is 5.02. The SMILES string of the molecule is CCCCC/C=C\CCOC(=O)CCC. The summed E-state index contributed by atoms with van der Waals surface area (Å²) in [6.07, 6.45) is 11.5. The molecule has 0 aliphatic carbocycles. The van der Waals surface area contributed by atoms with Crippen LogP contribution in [0.1, 0.15) is 58.8 Å². The summed E-state index contributed by atoms with van der Waals surface area (Å²) in [5, 5.41) is 0. The van der Waals surface area contributed by atoms with E-state index in [1.165, 1.54) is 19.3 Å². The first-order valence-corrected chi connectivity index (χ1v) is 6.11. The van der Waals surface area contributed by atoms with Gasteiger partial charge in [0.1, 0.15) is 0 Å². The van der Waals surface area contributed by atoms with Crippen molar-refractivity contribution in [3.8, 4) is 0 Å². The average molecular weight is 212 g/mol.